The molecule has 2 aromatic rings. The number of nitrogens with one attached hydrogen (secondary N) is 3. The number of halogens is 2. The number of hydrogen-bond donors (Lipinski definition) is 4. The van der Waals surface area contributed by atoms with Crippen LogP contribution < -0.4 is 16.4 Å². The van der Waals surface area contributed by atoms with Crippen LogP contribution >= 0.6 is 0 Å². The maximum atomic E-state index is 13.7. The average molecular weight is 335 g/mol. The van der Waals surface area contributed by atoms with Crippen molar-refractivity contribution >= 4 is 11.7 Å². The third-order valence-corrected chi connectivity index (χ3v) is 4.15. The number of aromatic nitrogens is 2. The molecule has 1 fully saturated rings. The van der Waals surface area contributed by atoms with E-state index in [1.54, 1.807) is 0 Å². The topological polar surface area (TPSA) is 95.8 Å². The van der Waals surface area contributed by atoms with E-state index in [1.807, 2.05) is 24.3 Å². The van der Waals surface area contributed by atoms with Crippen LogP contribution in [0.2, 0.25) is 0 Å². The molecular formula is C16H19F2N5O. The van der Waals surface area contributed by atoms with Gasteiger partial charge in [-0.3, -0.25) is 4.79 Å². The summed E-state index contributed by atoms with van der Waals surface area (Å²) >= 11 is 0. The Labute approximate surface area is 137 Å². The van der Waals surface area contributed by atoms with Crippen LogP contribution in [0.1, 0.15) is 40.5 Å². The first-order valence-electron chi connectivity index (χ1n) is 7.72. The van der Waals surface area contributed by atoms with Gasteiger partial charge >= 0.3 is 0 Å². The highest BCUT2D eigenvalue weighted by molar-refractivity contribution is 5.95. The number of nitrogens with zero attached hydrogens (tertiary/aromatic N) is 1. The van der Waals surface area contributed by atoms with E-state index in [0.29, 0.717) is 12.4 Å². The molecule has 3 rings (SSSR count). The number of nitrogens with two attached hydrogens (primary N) is 1. The molecule has 1 unspecified atom stereocenters. The summed E-state index contributed by atoms with van der Waals surface area (Å²) < 4.78 is 27.4. The highest BCUT2D eigenvalue weighted by Gasteiger charge is 2.37. The average Bonchev–Trinajstić information content (AvgIpc) is 3.01. The number of rotatable bonds is 5. The van der Waals surface area contributed by atoms with E-state index in [0.717, 1.165) is 11.1 Å². The third kappa shape index (κ3) is 3.53. The van der Waals surface area contributed by atoms with Gasteiger partial charge in [0.2, 0.25) is 0 Å². The number of carbonyl (C=O) groups excluding carboxylic acids is 1. The molecule has 6 nitrogen and oxygen atoms in total. The Kier molecular flexibility index (Phi) is 4.48. The van der Waals surface area contributed by atoms with Gasteiger partial charge in [-0.2, -0.15) is 0 Å². The predicted molar refractivity (Wildman–Crippen MR) is 85.8 cm³/mol. The molecule has 1 saturated heterocycles. The van der Waals surface area contributed by atoms with Crippen molar-refractivity contribution in [1.82, 2.24) is 15.3 Å². The van der Waals surface area contributed by atoms with Crippen molar-refractivity contribution in [2.45, 2.75) is 31.4 Å². The zero-order chi connectivity index (χ0) is 17.2. The number of carbonyl (C=O) groups is 1. The number of amides is 1. The van der Waals surface area contributed by atoms with E-state index in [2.05, 4.69) is 20.6 Å². The van der Waals surface area contributed by atoms with Crippen molar-refractivity contribution in [2.75, 3.05) is 11.9 Å². The molecule has 1 aromatic carbocycles. The minimum absolute atomic E-state index is 0.140. The van der Waals surface area contributed by atoms with Crippen molar-refractivity contribution in [1.29, 1.82) is 0 Å². The van der Waals surface area contributed by atoms with Crippen LogP contribution in [0, 0.1) is 0 Å². The number of primary amides is 1. The number of piperidine rings is 1. The Bertz CT molecular complexity index is 731. The summed E-state index contributed by atoms with van der Waals surface area (Å²) in [6.45, 7) is 0.635. The van der Waals surface area contributed by atoms with Crippen LogP contribution in [-0.4, -0.2) is 28.3 Å². The van der Waals surface area contributed by atoms with Crippen LogP contribution in [0.5, 0.6) is 0 Å². The molecular weight excluding hydrogens is 316 g/mol. The van der Waals surface area contributed by atoms with Gasteiger partial charge in [0.25, 0.3) is 11.8 Å². The molecule has 5 N–H and O–H groups in total. The molecule has 0 aliphatic carbocycles. The number of anilines is 1. The fourth-order valence-electron chi connectivity index (χ4n) is 2.95. The van der Waals surface area contributed by atoms with Gasteiger partial charge in [-0.15, -0.1) is 0 Å². The SMILES string of the molecule is NC(=O)c1[nH]cnc1NCc1ccccc1C1CC(F)(F)CCN1. The lowest BCUT2D eigenvalue weighted by atomic mass is 9.91. The Morgan fingerprint density at radius 3 is 2.96 bits per heavy atom. The summed E-state index contributed by atoms with van der Waals surface area (Å²) in [6.07, 6.45) is 1.01. The second kappa shape index (κ2) is 6.56. The number of aromatic amines is 1. The van der Waals surface area contributed by atoms with Crippen molar-refractivity contribution in [2.24, 2.45) is 5.73 Å². The van der Waals surface area contributed by atoms with E-state index < -0.39 is 17.9 Å². The fourth-order valence-corrected chi connectivity index (χ4v) is 2.95. The minimum Gasteiger partial charge on any atom is -0.364 e. The van der Waals surface area contributed by atoms with E-state index in [-0.39, 0.29) is 25.1 Å². The molecule has 1 aliphatic heterocycles. The van der Waals surface area contributed by atoms with E-state index in [9.17, 15) is 13.6 Å². The largest absolute Gasteiger partial charge is 0.364 e. The summed E-state index contributed by atoms with van der Waals surface area (Å²) in [5, 5.41) is 6.18. The van der Waals surface area contributed by atoms with Crippen LogP contribution in [-0.2, 0) is 6.54 Å². The smallest absolute Gasteiger partial charge is 0.269 e. The first-order chi connectivity index (χ1) is 11.5. The molecule has 8 heteroatoms. The normalized spacial score (nSPS) is 19.8. The Morgan fingerprint density at radius 2 is 2.21 bits per heavy atom. The maximum Gasteiger partial charge on any atom is 0.269 e. The van der Waals surface area contributed by atoms with E-state index in [1.165, 1.54) is 6.33 Å². The molecule has 0 bridgehead atoms. The highest BCUT2D eigenvalue weighted by atomic mass is 19.3. The summed E-state index contributed by atoms with van der Waals surface area (Å²) in [5.74, 6) is -2.92. The number of hydrogen-bond acceptors (Lipinski definition) is 4. The van der Waals surface area contributed by atoms with Gasteiger partial charge in [0.05, 0.1) is 6.33 Å². The number of H-pyrrole nitrogens is 1. The van der Waals surface area contributed by atoms with Crippen molar-refractivity contribution in [3.05, 3.63) is 47.4 Å². The summed E-state index contributed by atoms with van der Waals surface area (Å²) in [7, 11) is 0. The molecule has 24 heavy (non-hydrogen) atoms. The minimum atomic E-state index is -2.65. The monoisotopic (exact) mass is 335 g/mol. The quantitative estimate of drug-likeness (QED) is 0.673. The Hall–Kier alpha value is -2.48. The zero-order valence-electron chi connectivity index (χ0n) is 13.0. The second-order valence-electron chi connectivity index (χ2n) is 5.86. The molecule has 2 heterocycles. The van der Waals surface area contributed by atoms with Crippen LogP contribution in [0.4, 0.5) is 14.6 Å². The van der Waals surface area contributed by atoms with Gasteiger partial charge in [-0.05, 0) is 11.1 Å². The molecule has 128 valence electrons. The lowest BCUT2D eigenvalue weighted by Gasteiger charge is -2.31. The van der Waals surface area contributed by atoms with Gasteiger partial charge in [0.15, 0.2) is 5.82 Å². The third-order valence-electron chi connectivity index (χ3n) is 4.15. The van der Waals surface area contributed by atoms with Gasteiger partial charge in [-0.1, -0.05) is 24.3 Å². The number of imidazole rings is 1. The molecule has 1 aromatic heterocycles. The lowest BCUT2D eigenvalue weighted by molar-refractivity contribution is -0.0416. The van der Waals surface area contributed by atoms with Gasteiger partial charge < -0.3 is 21.4 Å². The summed E-state index contributed by atoms with van der Waals surface area (Å²) in [4.78, 5) is 18.0. The molecule has 1 aliphatic rings. The van der Waals surface area contributed by atoms with Gasteiger partial charge in [0, 0.05) is 32.0 Å². The first-order valence-corrected chi connectivity index (χ1v) is 7.72. The second-order valence-corrected chi connectivity index (χ2v) is 5.86. The standard InChI is InChI=1S/C16H19F2N5O/c17-16(18)5-6-20-12(7-16)11-4-2-1-3-10(11)8-21-15-13(14(19)24)22-9-23-15/h1-4,9,12,20-21H,5-8H2,(H2,19,24)(H,22,23). The van der Waals surface area contributed by atoms with Crippen LogP contribution in [0.25, 0.3) is 0 Å². The zero-order valence-corrected chi connectivity index (χ0v) is 13.0. The van der Waals surface area contributed by atoms with E-state index >= 15 is 0 Å². The Morgan fingerprint density at radius 1 is 1.42 bits per heavy atom. The molecule has 1 atom stereocenters. The summed E-state index contributed by atoms with van der Waals surface area (Å²) in [5.41, 5.74) is 7.14. The van der Waals surface area contributed by atoms with Crippen LogP contribution in [0.15, 0.2) is 30.6 Å². The van der Waals surface area contributed by atoms with Gasteiger partial charge in [0.1, 0.15) is 5.69 Å². The molecule has 1 amide bonds. The molecule has 0 spiro atoms. The van der Waals surface area contributed by atoms with Gasteiger partial charge in [-0.25, -0.2) is 13.8 Å². The van der Waals surface area contributed by atoms with Crippen molar-refractivity contribution < 1.29 is 13.6 Å². The highest BCUT2D eigenvalue weighted by Crippen LogP contribution is 2.35. The number of benzene rings is 1. The Balaban J connectivity index is 1.77. The molecule has 0 radical (unpaired) electrons. The van der Waals surface area contributed by atoms with E-state index in [4.69, 9.17) is 5.73 Å². The fraction of sp³-hybridized carbons (Fsp3) is 0.375. The lowest BCUT2D eigenvalue weighted by Crippen LogP contribution is -2.38. The molecule has 0 saturated carbocycles. The van der Waals surface area contributed by atoms with Crippen molar-refractivity contribution in [3.8, 4) is 0 Å². The summed E-state index contributed by atoms with van der Waals surface area (Å²) in [6, 6.07) is 6.99. The first kappa shape index (κ1) is 16.4. The van der Waals surface area contributed by atoms with Crippen LogP contribution in [0.3, 0.4) is 0 Å². The number of alkyl halides is 2. The van der Waals surface area contributed by atoms with Crippen molar-refractivity contribution in [3.63, 3.8) is 0 Å². The maximum absolute atomic E-state index is 13.7. The predicted octanol–water partition coefficient (Wildman–Crippen LogP) is 2.18.